The van der Waals surface area contributed by atoms with E-state index in [1.165, 1.54) is 66.1 Å². The molecule has 1 heteroatoms. The van der Waals surface area contributed by atoms with Crippen LogP contribution in [0.5, 0.6) is 0 Å². The maximum Gasteiger partial charge on any atom is 2.00 e. The van der Waals surface area contributed by atoms with Crippen LogP contribution in [0.3, 0.4) is 0 Å². The summed E-state index contributed by atoms with van der Waals surface area (Å²) in [6, 6.07) is 39.5. The first-order valence-corrected chi connectivity index (χ1v) is 11.9. The van der Waals surface area contributed by atoms with E-state index in [1.807, 2.05) is 0 Å². The fourth-order valence-electron chi connectivity index (χ4n) is 4.92. The summed E-state index contributed by atoms with van der Waals surface area (Å²) >= 11 is 0. The van der Waals surface area contributed by atoms with E-state index in [4.69, 9.17) is 0 Å². The van der Waals surface area contributed by atoms with Crippen LogP contribution in [-0.2, 0) is 26.2 Å². The summed E-state index contributed by atoms with van der Waals surface area (Å²) in [5.74, 6) is 0. The third-order valence-electron chi connectivity index (χ3n) is 6.35. The van der Waals surface area contributed by atoms with Crippen LogP contribution in [0.1, 0.15) is 22.3 Å². The topological polar surface area (TPSA) is 0 Å². The molecule has 0 radical (unpaired) electrons. The van der Waals surface area contributed by atoms with E-state index in [2.05, 4.69) is 137 Å². The van der Waals surface area contributed by atoms with Crippen LogP contribution in [-0.4, -0.2) is 0 Å². The van der Waals surface area contributed by atoms with Gasteiger partial charge in [-0.25, -0.2) is 0 Å². The second-order valence-corrected chi connectivity index (χ2v) is 9.50. The summed E-state index contributed by atoms with van der Waals surface area (Å²) in [6.45, 7) is 8.61. The molecule has 0 aliphatic heterocycles. The Morgan fingerprint density at radius 2 is 0.771 bits per heavy atom. The van der Waals surface area contributed by atoms with E-state index in [-0.39, 0.29) is 26.2 Å². The van der Waals surface area contributed by atoms with Gasteiger partial charge < -0.3 is 0 Å². The predicted molar refractivity (Wildman–Crippen MR) is 149 cm³/mol. The predicted octanol–water partition coefficient (Wildman–Crippen LogP) is 9.68. The zero-order valence-electron chi connectivity index (χ0n) is 20.9. The van der Waals surface area contributed by atoms with Crippen molar-refractivity contribution in [1.82, 2.24) is 0 Å². The molecule has 0 aromatic heterocycles. The zero-order valence-corrected chi connectivity index (χ0v) is 23.4. The molecule has 0 atom stereocenters. The van der Waals surface area contributed by atoms with Gasteiger partial charge in [-0.2, -0.15) is 0 Å². The van der Waals surface area contributed by atoms with Crippen molar-refractivity contribution in [2.24, 2.45) is 0 Å². The van der Waals surface area contributed by atoms with Crippen molar-refractivity contribution >= 4 is 21.5 Å². The van der Waals surface area contributed by atoms with Crippen LogP contribution in [0.4, 0.5) is 0 Å². The molecule has 0 saturated carbocycles. The Morgan fingerprint density at radius 3 is 1.11 bits per heavy atom. The molecule has 0 bridgehead atoms. The van der Waals surface area contributed by atoms with E-state index >= 15 is 0 Å². The van der Waals surface area contributed by atoms with Gasteiger partial charge in [0, 0.05) is 0 Å². The molecule has 35 heavy (non-hydrogen) atoms. The van der Waals surface area contributed by atoms with Crippen molar-refractivity contribution < 1.29 is 26.2 Å². The van der Waals surface area contributed by atoms with E-state index in [9.17, 15) is 0 Å². The van der Waals surface area contributed by atoms with Gasteiger partial charge in [-0.15, -0.1) is 69.1 Å². The Kier molecular flexibility index (Phi) is 7.68. The second-order valence-electron chi connectivity index (χ2n) is 9.50. The Hall–Kier alpha value is -3.02. The van der Waals surface area contributed by atoms with E-state index in [0.717, 1.165) is 0 Å². The number of hydrogen-bond acceptors (Lipinski definition) is 0. The van der Waals surface area contributed by atoms with Gasteiger partial charge in [0.15, 0.2) is 0 Å². The molecular formula is C34H30Zr. The van der Waals surface area contributed by atoms with Crippen LogP contribution >= 0.6 is 0 Å². The largest absolute Gasteiger partial charge is 2.00 e. The molecule has 0 unspecified atom stereocenters. The molecule has 6 aromatic rings. The van der Waals surface area contributed by atoms with Crippen molar-refractivity contribution in [2.75, 3.05) is 0 Å². The zero-order chi connectivity index (χ0) is 23.7. The van der Waals surface area contributed by atoms with Gasteiger partial charge >= 0.3 is 26.2 Å². The molecule has 0 saturated heterocycles. The molecule has 0 amide bonds. The molecule has 170 valence electrons. The maximum absolute atomic E-state index is 2.27. The summed E-state index contributed by atoms with van der Waals surface area (Å²) < 4.78 is 0. The fourth-order valence-corrected chi connectivity index (χ4v) is 4.92. The van der Waals surface area contributed by atoms with Gasteiger partial charge in [0.25, 0.3) is 0 Å². The molecule has 0 N–H and O–H groups in total. The van der Waals surface area contributed by atoms with Gasteiger partial charge in [-0.05, 0) is 27.7 Å². The van der Waals surface area contributed by atoms with Crippen molar-refractivity contribution in [3.63, 3.8) is 0 Å². The summed E-state index contributed by atoms with van der Waals surface area (Å²) in [5, 5.41) is 5.28. The van der Waals surface area contributed by atoms with Crippen LogP contribution < -0.4 is 0 Å². The fraction of sp³-hybridized carbons (Fsp3) is 0.118. The quantitative estimate of drug-likeness (QED) is 0.196. The normalized spacial score (nSPS) is 10.6. The van der Waals surface area contributed by atoms with Crippen molar-refractivity contribution in [3.8, 4) is 22.3 Å². The number of aryl methyl sites for hydroxylation is 4. The Balaban J connectivity index is 0.000000160. The summed E-state index contributed by atoms with van der Waals surface area (Å²) in [4.78, 5) is 0. The maximum atomic E-state index is 2.27. The molecule has 0 aliphatic rings. The minimum atomic E-state index is 0. The molecular weight excluding hydrogens is 500 g/mol. The first kappa shape index (κ1) is 25.1. The van der Waals surface area contributed by atoms with Gasteiger partial charge in [-0.1, -0.05) is 106 Å². The average Bonchev–Trinajstić information content (AvgIpc) is 3.43. The van der Waals surface area contributed by atoms with E-state index in [0.29, 0.717) is 0 Å². The Morgan fingerprint density at radius 1 is 0.429 bits per heavy atom. The van der Waals surface area contributed by atoms with E-state index in [1.54, 1.807) is 0 Å². The number of benzene rings is 4. The van der Waals surface area contributed by atoms with Crippen molar-refractivity contribution in [1.29, 1.82) is 0 Å². The monoisotopic (exact) mass is 528 g/mol. The first-order valence-electron chi connectivity index (χ1n) is 11.9. The van der Waals surface area contributed by atoms with Gasteiger partial charge in [0.05, 0.1) is 0 Å². The van der Waals surface area contributed by atoms with Gasteiger partial charge in [0.1, 0.15) is 0 Å². The molecule has 0 fully saturated rings. The van der Waals surface area contributed by atoms with E-state index < -0.39 is 0 Å². The number of rotatable bonds is 2. The third kappa shape index (κ3) is 5.80. The molecule has 0 heterocycles. The van der Waals surface area contributed by atoms with Crippen LogP contribution in [0, 0.1) is 27.7 Å². The number of hydrogen-bond donors (Lipinski definition) is 0. The molecule has 6 aromatic carbocycles. The van der Waals surface area contributed by atoms with Crippen molar-refractivity contribution in [2.45, 2.75) is 27.7 Å². The Bertz CT molecular complexity index is 1360. The summed E-state index contributed by atoms with van der Waals surface area (Å²) in [5.41, 5.74) is 10.6. The molecule has 0 spiro atoms. The first-order chi connectivity index (χ1) is 16.4. The smallest absolute Gasteiger partial charge is 0.145 e. The minimum Gasteiger partial charge on any atom is -0.145 e. The van der Waals surface area contributed by atoms with Crippen LogP contribution in [0.15, 0.2) is 109 Å². The molecule has 0 nitrogen and oxygen atoms in total. The second kappa shape index (κ2) is 10.7. The van der Waals surface area contributed by atoms with Gasteiger partial charge in [0.2, 0.25) is 0 Å². The van der Waals surface area contributed by atoms with Crippen LogP contribution in [0.2, 0.25) is 0 Å². The standard InChI is InChI=1S/2C17H15.Zr/c2*1-12-7-13(2)9-16(8-12)17-10-14-5-3-4-6-15(14)11-17;/h2*3-11H,1-2H3;/q2*-1;+2. The Labute approximate surface area is 228 Å². The SMILES string of the molecule is Cc1cc(C)cc(-c2cc3ccccc3[cH-]2)c1.Cc1cc(C)cc(-c2cc3ccccc3[cH-]2)c1.[Zr+2]. The van der Waals surface area contributed by atoms with Gasteiger partial charge in [-0.3, -0.25) is 0 Å². The van der Waals surface area contributed by atoms with Crippen molar-refractivity contribution in [3.05, 3.63) is 131 Å². The third-order valence-corrected chi connectivity index (χ3v) is 6.35. The number of fused-ring (bicyclic) bond motifs is 2. The summed E-state index contributed by atoms with van der Waals surface area (Å²) in [7, 11) is 0. The minimum absolute atomic E-state index is 0. The average molecular weight is 530 g/mol. The van der Waals surface area contributed by atoms with Crippen LogP contribution in [0.25, 0.3) is 43.8 Å². The molecule has 6 rings (SSSR count). The summed E-state index contributed by atoms with van der Waals surface area (Å²) in [6.07, 6.45) is 0. The molecule has 0 aliphatic carbocycles.